The van der Waals surface area contributed by atoms with Gasteiger partial charge in [0.1, 0.15) is 17.7 Å². The monoisotopic (exact) mass is 1000 g/mol. The molecular formula is C38H50F6N18O4S2. The first-order valence-corrected chi connectivity index (χ1v) is 22.0. The fourth-order valence-corrected chi connectivity index (χ4v) is 7.49. The fourth-order valence-electron chi connectivity index (χ4n) is 5.62. The van der Waals surface area contributed by atoms with Crippen molar-refractivity contribution in [2.24, 2.45) is 22.9 Å². The Balaban J connectivity index is 2.00. The molecule has 0 aliphatic heterocycles. The summed E-state index contributed by atoms with van der Waals surface area (Å²) in [5.41, 5.74) is 15.9. The molecule has 0 aliphatic carbocycles. The molecule has 0 aliphatic rings. The summed E-state index contributed by atoms with van der Waals surface area (Å²) in [5, 5.41) is 49.0. The number of hydrogen-bond donors (Lipinski definition) is 16. The smallest absolute Gasteiger partial charge is 0.370 e. The number of nitrogens with one attached hydrogen (secondary N) is 12. The number of alkyl halides is 6. The highest BCUT2D eigenvalue weighted by atomic mass is 32.2. The zero-order valence-electron chi connectivity index (χ0n) is 35.9. The third kappa shape index (κ3) is 19.3. The quantitative estimate of drug-likeness (QED) is 0.0201. The summed E-state index contributed by atoms with van der Waals surface area (Å²) < 4.78 is 85.7. The van der Waals surface area contributed by atoms with Crippen LogP contribution in [0.5, 0.6) is 0 Å². The van der Waals surface area contributed by atoms with E-state index in [1.165, 1.54) is 0 Å². The first kappa shape index (κ1) is 55.1. The van der Waals surface area contributed by atoms with Crippen molar-refractivity contribution in [2.75, 3.05) is 59.0 Å². The predicted molar refractivity (Wildman–Crippen MR) is 247 cm³/mol. The average molecular weight is 1000 g/mol. The number of unbranched alkanes of at least 4 members (excludes halogenated alkanes) is 2. The van der Waals surface area contributed by atoms with Crippen molar-refractivity contribution < 1.29 is 45.5 Å². The van der Waals surface area contributed by atoms with Gasteiger partial charge >= 0.3 is 12.4 Å². The van der Waals surface area contributed by atoms with Crippen LogP contribution in [0.3, 0.4) is 0 Å². The van der Waals surface area contributed by atoms with E-state index in [1.807, 2.05) is 0 Å². The molecule has 3 aromatic rings. The van der Waals surface area contributed by atoms with Gasteiger partial charge in [-0.15, -0.1) is 23.5 Å². The van der Waals surface area contributed by atoms with Gasteiger partial charge in [0, 0.05) is 56.6 Å². The minimum absolute atomic E-state index is 0.0334. The van der Waals surface area contributed by atoms with Crippen molar-refractivity contribution >= 4 is 93.7 Å². The zero-order valence-corrected chi connectivity index (χ0v) is 37.5. The Morgan fingerprint density at radius 1 is 0.500 bits per heavy atom. The molecule has 0 atom stereocenters. The summed E-state index contributed by atoms with van der Waals surface area (Å²) in [7, 11) is 0. The zero-order chi connectivity index (χ0) is 50.6. The van der Waals surface area contributed by atoms with Crippen LogP contribution < -0.4 is 65.5 Å². The van der Waals surface area contributed by atoms with Gasteiger partial charge < -0.3 is 65.5 Å². The maximum Gasteiger partial charge on any atom is 0.416 e. The second kappa shape index (κ2) is 26.2. The summed E-state index contributed by atoms with van der Waals surface area (Å²) in [6, 6.07) is 3.39. The molecule has 0 fully saturated rings. The number of thioether (sulfide) groups is 2. The summed E-state index contributed by atoms with van der Waals surface area (Å²) in [4.78, 5) is 61.0. The Morgan fingerprint density at radius 3 is 1.15 bits per heavy atom. The van der Waals surface area contributed by atoms with E-state index in [4.69, 9.17) is 44.6 Å². The number of guanidine groups is 4. The van der Waals surface area contributed by atoms with Crippen LogP contribution in [0, 0.1) is 21.6 Å². The molecule has 68 heavy (non-hydrogen) atoms. The topological polar surface area (TPSA) is 390 Å². The molecule has 2 aromatic carbocycles. The molecule has 0 bridgehead atoms. The number of amides is 4. The minimum Gasteiger partial charge on any atom is -0.370 e. The second-order valence-electron chi connectivity index (χ2n) is 14.1. The third-order valence-corrected chi connectivity index (χ3v) is 10.9. The van der Waals surface area contributed by atoms with Gasteiger partial charge in [-0.2, -0.15) is 26.3 Å². The van der Waals surface area contributed by atoms with Crippen LogP contribution in [0.4, 0.5) is 49.1 Å². The van der Waals surface area contributed by atoms with Crippen LogP contribution in [0.25, 0.3) is 0 Å². The highest BCUT2D eigenvalue weighted by Crippen LogP contribution is 2.43. The highest BCUT2D eigenvalue weighted by Gasteiger charge is 2.35. The Hall–Kier alpha value is -7.24. The average Bonchev–Trinajstić information content (AvgIpc) is 3.23. The van der Waals surface area contributed by atoms with Gasteiger partial charge in [-0.05, 0) is 49.9 Å². The summed E-state index contributed by atoms with van der Waals surface area (Å²) in [6.45, 7) is 0.588. The molecule has 0 saturated heterocycles. The molecule has 0 saturated carbocycles. The lowest BCUT2D eigenvalue weighted by Gasteiger charge is -2.20. The number of nitrogens with zero attached hydrogens (tertiary/aromatic N) is 2. The van der Waals surface area contributed by atoms with E-state index in [2.05, 4.69) is 52.5 Å². The van der Waals surface area contributed by atoms with Crippen molar-refractivity contribution in [1.29, 1.82) is 21.6 Å². The van der Waals surface area contributed by atoms with Crippen LogP contribution >= 0.6 is 23.5 Å². The third-order valence-electron chi connectivity index (χ3n) is 8.63. The van der Waals surface area contributed by atoms with Gasteiger partial charge in [0.05, 0.1) is 43.7 Å². The number of carbonyl (C=O) groups excluding carboxylic acids is 4. The van der Waals surface area contributed by atoms with E-state index in [1.54, 1.807) is 0 Å². The van der Waals surface area contributed by atoms with Crippen LogP contribution in [-0.2, 0) is 21.9 Å². The van der Waals surface area contributed by atoms with Gasteiger partial charge in [-0.3, -0.25) is 40.8 Å². The van der Waals surface area contributed by atoms with E-state index >= 15 is 0 Å². The van der Waals surface area contributed by atoms with Crippen molar-refractivity contribution in [2.45, 2.75) is 60.7 Å². The number of carbonyl (C=O) groups is 4. The first-order valence-electron chi connectivity index (χ1n) is 20.1. The number of hydrogen-bond acceptors (Lipinski definition) is 12. The largest absolute Gasteiger partial charge is 0.416 e. The van der Waals surface area contributed by atoms with E-state index in [0.29, 0.717) is 37.1 Å². The molecule has 20 N–H and O–H groups in total. The fraction of sp³-hybridized carbons (Fsp3) is 0.368. The van der Waals surface area contributed by atoms with Crippen molar-refractivity contribution in [1.82, 2.24) is 31.2 Å². The lowest BCUT2D eigenvalue weighted by atomic mass is 10.1. The van der Waals surface area contributed by atoms with Crippen molar-refractivity contribution in [3.63, 3.8) is 0 Å². The molecule has 3 rings (SSSR count). The standard InChI is InChI=1S/C38H50F6N18O4S2/c39-37(40,41)19-13-21(59-27(63)5-1-3-7-53-33(45)46)29(67-11-9-55-35(49)50)23(15-19)61-31(65)25-17-26(58-18-57-25)32(66)62-24-16-20(38(42,43)44)14-22(30(24)68-12-10-56-36(51)52)60-28(64)6-2-4-8-54-34(47)48/h13-18H,1-12H2,(H,59,63)(H,60,64)(H,61,65)(H,62,66)(H4,45,46,53)(H4,47,48,54)(H4,49,50,55)(H4,51,52,56). The SMILES string of the molecule is N=C(N)NCCCCC(=O)Nc1cc(C(F)(F)F)cc(NC(=O)c2cc(C(=O)Nc3cc(C(F)(F)F)cc(NC(=O)CCCCNC(=N)N)c3SCCNC(=N)N)ncn2)c1SCCNC(=N)N. The van der Waals surface area contributed by atoms with E-state index in [-0.39, 0.29) is 96.5 Å². The van der Waals surface area contributed by atoms with Crippen LogP contribution in [0.2, 0.25) is 0 Å². The highest BCUT2D eigenvalue weighted by molar-refractivity contribution is 7.99. The molecule has 1 aromatic heterocycles. The maximum absolute atomic E-state index is 14.3. The molecular weight excluding hydrogens is 951 g/mol. The number of rotatable bonds is 24. The minimum atomic E-state index is -4.99. The van der Waals surface area contributed by atoms with Gasteiger partial charge in [-0.1, -0.05) is 0 Å². The van der Waals surface area contributed by atoms with Gasteiger partial charge in [0.25, 0.3) is 11.8 Å². The Morgan fingerprint density at radius 2 is 0.824 bits per heavy atom. The Kier molecular flexibility index (Phi) is 21.2. The van der Waals surface area contributed by atoms with Crippen LogP contribution in [-0.4, -0.2) is 95.1 Å². The van der Waals surface area contributed by atoms with E-state index in [9.17, 15) is 45.5 Å². The van der Waals surface area contributed by atoms with Crippen molar-refractivity contribution in [3.05, 3.63) is 59.2 Å². The van der Waals surface area contributed by atoms with Crippen LogP contribution in [0.1, 0.15) is 70.6 Å². The number of anilines is 4. The van der Waals surface area contributed by atoms with Gasteiger partial charge in [0.15, 0.2) is 23.8 Å². The Bertz CT molecular complexity index is 2180. The molecule has 0 spiro atoms. The molecule has 1 heterocycles. The number of halogens is 6. The molecule has 370 valence electrons. The lowest BCUT2D eigenvalue weighted by molar-refractivity contribution is -0.138. The van der Waals surface area contributed by atoms with Crippen LogP contribution in [0.15, 0.2) is 46.5 Å². The number of benzene rings is 2. The van der Waals surface area contributed by atoms with Gasteiger partial charge in [0.2, 0.25) is 11.8 Å². The van der Waals surface area contributed by atoms with E-state index < -0.39 is 81.8 Å². The second-order valence-corrected chi connectivity index (χ2v) is 16.3. The van der Waals surface area contributed by atoms with Crippen molar-refractivity contribution in [3.8, 4) is 0 Å². The summed E-state index contributed by atoms with van der Waals surface area (Å²) in [6.07, 6.45) is -8.22. The molecule has 22 nitrogen and oxygen atoms in total. The lowest BCUT2D eigenvalue weighted by Crippen LogP contribution is -2.31. The Labute approximate surface area is 392 Å². The van der Waals surface area contributed by atoms with E-state index in [0.717, 1.165) is 35.9 Å². The summed E-state index contributed by atoms with van der Waals surface area (Å²) >= 11 is 1.77. The maximum atomic E-state index is 14.3. The summed E-state index contributed by atoms with van der Waals surface area (Å²) in [5.74, 6) is -4.96. The number of nitrogens with two attached hydrogens (primary N) is 4. The predicted octanol–water partition coefficient (Wildman–Crippen LogP) is 3.35. The van der Waals surface area contributed by atoms with Gasteiger partial charge in [-0.25, -0.2) is 9.97 Å². The molecule has 0 unspecified atom stereocenters. The first-order chi connectivity index (χ1) is 31.9. The molecule has 30 heteroatoms. The number of aromatic nitrogens is 2. The molecule has 0 radical (unpaired) electrons. The normalized spacial score (nSPS) is 11.1. The molecule has 4 amide bonds.